The molecule has 0 aliphatic heterocycles. The molecule has 0 spiro atoms. The molecular formula is C17H18F3N3O2. The van der Waals surface area contributed by atoms with E-state index in [9.17, 15) is 18.3 Å². The Hall–Kier alpha value is -2.74. The highest BCUT2D eigenvalue weighted by molar-refractivity contribution is 5.92. The van der Waals surface area contributed by atoms with Crippen molar-refractivity contribution in [2.45, 2.75) is 12.3 Å². The third kappa shape index (κ3) is 6.34. The molecule has 0 fully saturated rings. The zero-order valence-electron chi connectivity index (χ0n) is 13.2. The predicted molar refractivity (Wildman–Crippen MR) is 89.5 cm³/mol. The fraction of sp³-hybridized carbons (Fsp3) is 0.235. The van der Waals surface area contributed by atoms with Crippen LogP contribution in [-0.4, -0.2) is 30.3 Å². The maximum atomic E-state index is 12.5. The first-order valence-electron chi connectivity index (χ1n) is 7.45. The second-order valence-corrected chi connectivity index (χ2v) is 5.20. The maximum Gasteiger partial charge on any atom is 0.416 e. The van der Waals surface area contributed by atoms with Crippen molar-refractivity contribution in [1.82, 2.24) is 0 Å². The van der Waals surface area contributed by atoms with Gasteiger partial charge in [0.25, 0.3) is 0 Å². The largest absolute Gasteiger partial charge is 0.491 e. The molecule has 134 valence electrons. The van der Waals surface area contributed by atoms with Gasteiger partial charge in [0.2, 0.25) is 0 Å². The number of para-hydroxylation sites is 1. The van der Waals surface area contributed by atoms with Crippen molar-refractivity contribution in [1.29, 1.82) is 0 Å². The summed E-state index contributed by atoms with van der Waals surface area (Å²) < 4.78 is 42.6. The number of guanidine groups is 1. The number of nitrogens with zero attached hydrogens (tertiary/aromatic N) is 1. The number of halogens is 3. The van der Waals surface area contributed by atoms with E-state index >= 15 is 0 Å². The molecule has 0 aliphatic rings. The Bertz CT molecular complexity index is 689. The molecule has 0 aliphatic carbocycles. The summed E-state index contributed by atoms with van der Waals surface area (Å²) in [5, 5.41) is 12.7. The summed E-state index contributed by atoms with van der Waals surface area (Å²) in [5.41, 5.74) is 5.70. The van der Waals surface area contributed by atoms with Crippen LogP contribution >= 0.6 is 0 Å². The number of nitrogens with one attached hydrogen (secondary N) is 1. The topological polar surface area (TPSA) is 79.9 Å². The maximum absolute atomic E-state index is 12.5. The number of benzene rings is 2. The summed E-state index contributed by atoms with van der Waals surface area (Å²) in [6.45, 7) is -0.125. The average Bonchev–Trinajstić information content (AvgIpc) is 2.58. The molecule has 2 aromatic rings. The minimum Gasteiger partial charge on any atom is -0.491 e. The molecule has 0 saturated heterocycles. The number of ether oxygens (including phenoxy) is 1. The smallest absolute Gasteiger partial charge is 0.416 e. The number of nitrogens with two attached hydrogens (primary N) is 1. The molecule has 8 heteroatoms. The fourth-order valence-electron chi connectivity index (χ4n) is 1.90. The quantitative estimate of drug-likeness (QED) is 0.551. The van der Waals surface area contributed by atoms with Crippen LogP contribution in [0.3, 0.4) is 0 Å². The van der Waals surface area contributed by atoms with E-state index < -0.39 is 17.8 Å². The van der Waals surface area contributed by atoms with Gasteiger partial charge in [0.15, 0.2) is 5.96 Å². The molecule has 0 heterocycles. The van der Waals surface area contributed by atoms with Crippen molar-refractivity contribution < 1.29 is 23.0 Å². The van der Waals surface area contributed by atoms with Crippen LogP contribution in [0.4, 0.5) is 18.9 Å². The highest BCUT2D eigenvalue weighted by Crippen LogP contribution is 2.30. The molecule has 1 unspecified atom stereocenters. The second-order valence-electron chi connectivity index (χ2n) is 5.20. The Balaban J connectivity index is 1.78. The summed E-state index contributed by atoms with van der Waals surface area (Å²) in [6.07, 6.45) is -5.34. The average molecular weight is 353 g/mol. The van der Waals surface area contributed by atoms with E-state index in [1.54, 1.807) is 0 Å². The van der Waals surface area contributed by atoms with Gasteiger partial charge in [0.05, 0.1) is 12.1 Å². The molecule has 25 heavy (non-hydrogen) atoms. The summed E-state index contributed by atoms with van der Waals surface area (Å²) in [6, 6.07) is 13.4. The lowest BCUT2D eigenvalue weighted by molar-refractivity contribution is -0.137. The van der Waals surface area contributed by atoms with Crippen LogP contribution in [-0.2, 0) is 6.18 Å². The van der Waals surface area contributed by atoms with Gasteiger partial charge in [-0.25, -0.2) is 0 Å². The number of anilines is 1. The van der Waals surface area contributed by atoms with Crippen LogP contribution in [0.15, 0.2) is 59.6 Å². The number of rotatable bonds is 6. The molecule has 0 aromatic heterocycles. The van der Waals surface area contributed by atoms with E-state index in [0.29, 0.717) is 0 Å². The number of aliphatic imine (C=N–C) groups is 1. The molecule has 4 N–H and O–H groups in total. The third-order valence-corrected chi connectivity index (χ3v) is 3.14. The van der Waals surface area contributed by atoms with E-state index in [2.05, 4.69) is 10.3 Å². The van der Waals surface area contributed by atoms with Crippen molar-refractivity contribution in [3.05, 3.63) is 60.2 Å². The normalized spacial score (nSPS) is 13.4. The van der Waals surface area contributed by atoms with E-state index in [1.165, 1.54) is 12.1 Å². The van der Waals surface area contributed by atoms with Crippen molar-refractivity contribution >= 4 is 11.6 Å². The van der Waals surface area contributed by atoms with E-state index in [4.69, 9.17) is 10.5 Å². The Kier molecular flexibility index (Phi) is 6.24. The van der Waals surface area contributed by atoms with Gasteiger partial charge < -0.3 is 20.9 Å². The SMILES string of the molecule is NC(=NCC(O)COc1ccc(C(F)(F)F)cc1)Nc1ccccc1. The lowest BCUT2D eigenvalue weighted by Gasteiger charge is -2.12. The number of hydrogen-bond donors (Lipinski definition) is 3. The summed E-state index contributed by atoms with van der Waals surface area (Å²) in [4.78, 5) is 3.98. The molecule has 5 nitrogen and oxygen atoms in total. The van der Waals surface area contributed by atoms with Crippen molar-refractivity contribution in [2.75, 3.05) is 18.5 Å². The van der Waals surface area contributed by atoms with Crippen molar-refractivity contribution in [3.63, 3.8) is 0 Å². The lowest BCUT2D eigenvalue weighted by Crippen LogP contribution is -2.27. The number of alkyl halides is 3. The van der Waals surface area contributed by atoms with E-state index in [0.717, 1.165) is 17.8 Å². The first kappa shape index (κ1) is 18.6. The van der Waals surface area contributed by atoms with Gasteiger partial charge in [0.1, 0.15) is 18.5 Å². The van der Waals surface area contributed by atoms with Gasteiger partial charge in [-0.1, -0.05) is 18.2 Å². The molecule has 0 bridgehead atoms. The summed E-state index contributed by atoms with van der Waals surface area (Å²) in [5.74, 6) is 0.367. The minimum atomic E-state index is -4.39. The first-order chi connectivity index (χ1) is 11.8. The monoisotopic (exact) mass is 353 g/mol. The Labute approximate surface area is 143 Å². The summed E-state index contributed by atoms with van der Waals surface area (Å²) in [7, 11) is 0. The van der Waals surface area contributed by atoms with Gasteiger partial charge >= 0.3 is 6.18 Å². The lowest BCUT2D eigenvalue weighted by atomic mass is 10.2. The minimum absolute atomic E-state index is 0.00764. The van der Waals surface area contributed by atoms with Gasteiger partial charge in [-0.05, 0) is 36.4 Å². The Morgan fingerprint density at radius 3 is 2.36 bits per heavy atom. The molecule has 1 atom stereocenters. The van der Waals surface area contributed by atoms with Gasteiger partial charge in [-0.3, -0.25) is 4.99 Å². The van der Waals surface area contributed by atoms with E-state index in [-0.39, 0.29) is 24.9 Å². The van der Waals surface area contributed by atoms with Gasteiger partial charge in [-0.15, -0.1) is 0 Å². The summed E-state index contributed by atoms with van der Waals surface area (Å²) >= 11 is 0. The van der Waals surface area contributed by atoms with Crippen LogP contribution in [0, 0.1) is 0 Å². The Morgan fingerprint density at radius 2 is 1.76 bits per heavy atom. The van der Waals surface area contributed by atoms with Gasteiger partial charge in [0, 0.05) is 5.69 Å². The highest BCUT2D eigenvalue weighted by Gasteiger charge is 2.30. The first-order valence-corrected chi connectivity index (χ1v) is 7.45. The van der Waals surface area contributed by atoms with Crippen LogP contribution in [0.25, 0.3) is 0 Å². The fourth-order valence-corrected chi connectivity index (χ4v) is 1.90. The molecule has 0 saturated carbocycles. The molecule has 2 aromatic carbocycles. The number of hydrogen-bond acceptors (Lipinski definition) is 3. The number of aliphatic hydroxyl groups excluding tert-OH is 1. The zero-order valence-corrected chi connectivity index (χ0v) is 13.2. The molecule has 0 amide bonds. The van der Waals surface area contributed by atoms with Gasteiger partial charge in [-0.2, -0.15) is 13.2 Å². The highest BCUT2D eigenvalue weighted by atomic mass is 19.4. The predicted octanol–water partition coefficient (Wildman–Crippen LogP) is 2.87. The zero-order chi connectivity index (χ0) is 18.3. The van der Waals surface area contributed by atoms with Crippen molar-refractivity contribution in [3.8, 4) is 5.75 Å². The number of aliphatic hydroxyl groups is 1. The van der Waals surface area contributed by atoms with Crippen LogP contribution in [0.5, 0.6) is 5.75 Å². The second kappa shape index (κ2) is 8.39. The van der Waals surface area contributed by atoms with Crippen LogP contribution in [0.1, 0.15) is 5.56 Å². The van der Waals surface area contributed by atoms with Crippen LogP contribution < -0.4 is 15.8 Å². The van der Waals surface area contributed by atoms with Crippen molar-refractivity contribution in [2.24, 2.45) is 10.7 Å². The molecule has 2 rings (SSSR count). The van der Waals surface area contributed by atoms with E-state index in [1.807, 2.05) is 30.3 Å². The molecule has 0 radical (unpaired) electrons. The standard InChI is InChI=1S/C17H18F3N3O2/c18-17(19,20)12-6-8-15(9-7-12)25-11-14(24)10-22-16(21)23-13-4-2-1-3-5-13/h1-9,14,24H,10-11H2,(H3,21,22,23). The Morgan fingerprint density at radius 1 is 1.12 bits per heavy atom. The van der Waals surface area contributed by atoms with Crippen LogP contribution in [0.2, 0.25) is 0 Å². The third-order valence-electron chi connectivity index (χ3n) is 3.14. The molecular weight excluding hydrogens is 335 g/mol.